The molecule has 0 aliphatic carbocycles. The lowest BCUT2D eigenvalue weighted by Gasteiger charge is -2.24. The lowest BCUT2D eigenvalue weighted by atomic mass is 9.94. The number of hydrogen-bond donors (Lipinski definition) is 0. The molecule has 2 aromatic carbocycles. The Labute approximate surface area is 153 Å². The molecule has 0 spiro atoms. The van der Waals surface area contributed by atoms with E-state index in [2.05, 4.69) is 52.5 Å². The van der Waals surface area contributed by atoms with Crippen LogP contribution in [0.25, 0.3) is 0 Å². The molecule has 2 aliphatic rings. The van der Waals surface area contributed by atoms with E-state index in [1.807, 2.05) is 18.2 Å². The SMILES string of the molecule is c1ccc(Cc2nc([C@@H]3C[C@H](c4ccccc4)N4CCC[C@@H]34)no2)cc1. The summed E-state index contributed by atoms with van der Waals surface area (Å²) in [6.07, 6.45) is 4.28. The van der Waals surface area contributed by atoms with Crippen LogP contribution in [-0.2, 0) is 6.42 Å². The minimum Gasteiger partial charge on any atom is -0.339 e. The third-order valence-electron chi connectivity index (χ3n) is 5.88. The van der Waals surface area contributed by atoms with E-state index in [9.17, 15) is 0 Å². The van der Waals surface area contributed by atoms with Crippen LogP contribution >= 0.6 is 0 Å². The van der Waals surface area contributed by atoms with Gasteiger partial charge in [0.2, 0.25) is 5.89 Å². The fraction of sp³-hybridized carbons (Fsp3) is 0.364. The van der Waals surface area contributed by atoms with Crippen molar-refractivity contribution in [2.45, 2.75) is 43.7 Å². The Morgan fingerprint density at radius 1 is 1.00 bits per heavy atom. The maximum atomic E-state index is 5.59. The van der Waals surface area contributed by atoms with E-state index < -0.39 is 0 Å². The summed E-state index contributed by atoms with van der Waals surface area (Å²) in [5, 5.41) is 4.37. The minimum atomic E-state index is 0.371. The largest absolute Gasteiger partial charge is 0.339 e. The van der Waals surface area contributed by atoms with E-state index in [4.69, 9.17) is 9.51 Å². The highest BCUT2D eigenvalue weighted by atomic mass is 16.5. The van der Waals surface area contributed by atoms with Gasteiger partial charge in [-0.15, -0.1) is 0 Å². The molecule has 0 amide bonds. The van der Waals surface area contributed by atoms with E-state index in [0.717, 1.165) is 18.1 Å². The maximum Gasteiger partial charge on any atom is 0.231 e. The van der Waals surface area contributed by atoms with Gasteiger partial charge < -0.3 is 4.52 Å². The van der Waals surface area contributed by atoms with Crippen LogP contribution in [-0.4, -0.2) is 27.6 Å². The van der Waals surface area contributed by atoms with Gasteiger partial charge in [-0.3, -0.25) is 4.90 Å². The highest BCUT2D eigenvalue weighted by Gasteiger charge is 2.46. The van der Waals surface area contributed by atoms with Gasteiger partial charge in [-0.1, -0.05) is 65.8 Å². The molecule has 132 valence electrons. The van der Waals surface area contributed by atoms with Crippen molar-refractivity contribution in [2.75, 3.05) is 6.54 Å². The monoisotopic (exact) mass is 345 g/mol. The number of benzene rings is 2. The molecule has 3 heterocycles. The molecule has 0 bridgehead atoms. The molecule has 0 radical (unpaired) electrons. The average Bonchev–Trinajstić information content (AvgIpc) is 3.40. The molecule has 0 N–H and O–H groups in total. The molecule has 2 saturated heterocycles. The van der Waals surface area contributed by atoms with Crippen molar-refractivity contribution in [3.8, 4) is 0 Å². The van der Waals surface area contributed by atoms with Crippen LogP contribution in [0.3, 0.4) is 0 Å². The third kappa shape index (κ3) is 2.84. The van der Waals surface area contributed by atoms with Crippen molar-refractivity contribution < 1.29 is 4.52 Å². The summed E-state index contributed by atoms with van der Waals surface area (Å²) >= 11 is 0. The first-order valence-electron chi connectivity index (χ1n) is 9.55. The fourth-order valence-corrected chi connectivity index (χ4v) is 4.71. The zero-order valence-corrected chi connectivity index (χ0v) is 14.8. The summed E-state index contributed by atoms with van der Waals surface area (Å²) in [6, 6.07) is 22.2. The lowest BCUT2D eigenvalue weighted by Crippen LogP contribution is -2.27. The average molecular weight is 345 g/mol. The highest BCUT2D eigenvalue weighted by molar-refractivity contribution is 5.25. The van der Waals surface area contributed by atoms with Crippen molar-refractivity contribution in [1.82, 2.24) is 15.0 Å². The Morgan fingerprint density at radius 3 is 2.58 bits per heavy atom. The first-order chi connectivity index (χ1) is 12.9. The maximum absolute atomic E-state index is 5.59. The van der Waals surface area contributed by atoms with Crippen LogP contribution in [0.2, 0.25) is 0 Å². The molecule has 26 heavy (non-hydrogen) atoms. The predicted molar refractivity (Wildman–Crippen MR) is 99.8 cm³/mol. The summed E-state index contributed by atoms with van der Waals surface area (Å²) in [5.41, 5.74) is 2.62. The number of hydrogen-bond acceptors (Lipinski definition) is 4. The molecule has 3 aromatic rings. The minimum absolute atomic E-state index is 0.371. The van der Waals surface area contributed by atoms with E-state index in [1.54, 1.807) is 0 Å². The second kappa shape index (κ2) is 6.69. The second-order valence-electron chi connectivity index (χ2n) is 7.42. The Balaban J connectivity index is 1.38. The Morgan fingerprint density at radius 2 is 1.77 bits per heavy atom. The van der Waals surface area contributed by atoms with E-state index >= 15 is 0 Å². The first kappa shape index (κ1) is 15.8. The molecular formula is C22H23N3O. The van der Waals surface area contributed by atoms with Gasteiger partial charge in [-0.25, -0.2) is 0 Å². The van der Waals surface area contributed by atoms with Crippen molar-refractivity contribution >= 4 is 0 Å². The molecule has 2 fully saturated rings. The van der Waals surface area contributed by atoms with Crippen LogP contribution in [0.15, 0.2) is 65.2 Å². The van der Waals surface area contributed by atoms with Crippen LogP contribution in [0.1, 0.15) is 54.1 Å². The summed E-state index contributed by atoms with van der Waals surface area (Å²) in [7, 11) is 0. The van der Waals surface area contributed by atoms with Gasteiger partial charge in [0, 0.05) is 18.0 Å². The topological polar surface area (TPSA) is 42.2 Å². The van der Waals surface area contributed by atoms with Gasteiger partial charge in [0.05, 0.1) is 6.42 Å². The van der Waals surface area contributed by atoms with Crippen molar-refractivity contribution in [2.24, 2.45) is 0 Å². The third-order valence-corrected chi connectivity index (χ3v) is 5.88. The molecule has 0 unspecified atom stereocenters. The van der Waals surface area contributed by atoms with Gasteiger partial charge >= 0.3 is 0 Å². The van der Waals surface area contributed by atoms with E-state index in [-0.39, 0.29) is 0 Å². The van der Waals surface area contributed by atoms with Gasteiger partial charge in [-0.2, -0.15) is 4.98 Å². The number of aromatic nitrogens is 2. The molecular weight excluding hydrogens is 322 g/mol. The molecule has 5 rings (SSSR count). The van der Waals surface area contributed by atoms with Crippen LogP contribution in [0.4, 0.5) is 0 Å². The normalized spacial score (nSPS) is 25.5. The molecule has 0 saturated carbocycles. The highest BCUT2D eigenvalue weighted by Crippen LogP contribution is 2.48. The van der Waals surface area contributed by atoms with Crippen LogP contribution in [0.5, 0.6) is 0 Å². The van der Waals surface area contributed by atoms with E-state index in [1.165, 1.54) is 30.5 Å². The Kier molecular flexibility index (Phi) is 4.06. The van der Waals surface area contributed by atoms with Gasteiger partial charge in [0.1, 0.15) is 0 Å². The zero-order chi connectivity index (χ0) is 17.3. The van der Waals surface area contributed by atoms with Crippen molar-refractivity contribution in [3.05, 3.63) is 83.5 Å². The smallest absolute Gasteiger partial charge is 0.231 e. The molecule has 4 nitrogen and oxygen atoms in total. The predicted octanol–water partition coefficient (Wildman–Crippen LogP) is 4.35. The molecule has 4 heteroatoms. The number of nitrogens with zero attached hydrogens (tertiary/aromatic N) is 3. The first-order valence-corrected chi connectivity index (χ1v) is 9.55. The summed E-state index contributed by atoms with van der Waals surface area (Å²) in [5.74, 6) is 1.99. The Hall–Kier alpha value is -2.46. The van der Waals surface area contributed by atoms with Crippen LogP contribution in [0, 0.1) is 0 Å². The number of rotatable bonds is 4. The number of fused-ring (bicyclic) bond motifs is 1. The summed E-state index contributed by atoms with van der Waals surface area (Å²) in [4.78, 5) is 7.43. The molecule has 2 aliphatic heterocycles. The van der Waals surface area contributed by atoms with Crippen molar-refractivity contribution in [1.29, 1.82) is 0 Å². The van der Waals surface area contributed by atoms with Crippen LogP contribution < -0.4 is 0 Å². The second-order valence-corrected chi connectivity index (χ2v) is 7.42. The fourth-order valence-electron chi connectivity index (χ4n) is 4.71. The van der Waals surface area contributed by atoms with Gasteiger partial charge in [0.25, 0.3) is 0 Å². The Bertz CT molecular complexity index is 861. The van der Waals surface area contributed by atoms with E-state index in [0.29, 0.717) is 24.4 Å². The summed E-state index contributed by atoms with van der Waals surface area (Å²) in [6.45, 7) is 1.18. The standard InChI is InChI=1S/C22H23N3O/c1-3-8-16(9-4-1)14-21-23-22(24-26-21)18-15-20(17-10-5-2-6-11-17)25-13-7-12-19(18)25/h1-6,8-11,18-20H,7,12-15H2/t18-,19+,20-/m1/s1. The van der Waals surface area contributed by atoms with Gasteiger partial charge in [-0.05, 0) is 36.9 Å². The molecule has 1 aromatic heterocycles. The quantitative estimate of drug-likeness (QED) is 0.705. The summed E-state index contributed by atoms with van der Waals surface area (Å²) < 4.78 is 5.59. The zero-order valence-electron chi connectivity index (χ0n) is 14.8. The lowest BCUT2D eigenvalue weighted by molar-refractivity contribution is 0.243. The molecule has 3 atom stereocenters. The van der Waals surface area contributed by atoms with Gasteiger partial charge in [0.15, 0.2) is 5.82 Å². The van der Waals surface area contributed by atoms with Crippen molar-refractivity contribution in [3.63, 3.8) is 0 Å².